The summed E-state index contributed by atoms with van der Waals surface area (Å²) in [6.07, 6.45) is 4.46. The molecule has 2 heterocycles. The second kappa shape index (κ2) is 7.75. The average Bonchev–Trinajstić information content (AvgIpc) is 2.45. The molecule has 0 amide bonds. The van der Waals surface area contributed by atoms with Gasteiger partial charge in [-0.25, -0.2) is 0 Å². The lowest BCUT2D eigenvalue weighted by molar-refractivity contribution is 0.232. The van der Waals surface area contributed by atoms with E-state index in [2.05, 4.69) is 42.0 Å². The summed E-state index contributed by atoms with van der Waals surface area (Å²) in [5.74, 6) is 1.26. The van der Waals surface area contributed by atoms with E-state index >= 15 is 0 Å². The van der Waals surface area contributed by atoms with E-state index in [1.54, 1.807) is 0 Å². The molecule has 1 aromatic rings. The largest absolute Gasteiger partial charge is 0.314 e. The molecule has 1 N–H and O–H groups in total. The molecular formula is C17H29N3. The standard InChI is InChI=1S/C17H29N3/c1-14(2)16(17-15(3)6-4-8-19-17)7-5-11-20-12-9-18-10-13-20/h4,6,8,14,16,18H,5,7,9-13H2,1-3H3. The zero-order chi connectivity index (χ0) is 14.4. The number of nitrogens with zero attached hydrogens (tertiary/aromatic N) is 2. The normalized spacial score (nSPS) is 18.4. The van der Waals surface area contributed by atoms with E-state index in [-0.39, 0.29) is 0 Å². The van der Waals surface area contributed by atoms with Crippen LogP contribution in [0.2, 0.25) is 0 Å². The molecule has 3 nitrogen and oxygen atoms in total. The van der Waals surface area contributed by atoms with Crippen molar-refractivity contribution in [3.8, 4) is 0 Å². The number of pyridine rings is 1. The molecule has 1 unspecified atom stereocenters. The maximum atomic E-state index is 4.64. The van der Waals surface area contributed by atoms with Crippen LogP contribution in [-0.2, 0) is 0 Å². The molecule has 1 fully saturated rings. The second-order valence-electron chi connectivity index (χ2n) is 6.29. The van der Waals surface area contributed by atoms with Gasteiger partial charge in [0.2, 0.25) is 0 Å². The summed E-state index contributed by atoms with van der Waals surface area (Å²) in [5.41, 5.74) is 2.65. The zero-order valence-electron chi connectivity index (χ0n) is 13.2. The van der Waals surface area contributed by atoms with Crippen LogP contribution >= 0.6 is 0 Å². The van der Waals surface area contributed by atoms with Crippen LogP contribution < -0.4 is 5.32 Å². The van der Waals surface area contributed by atoms with Gasteiger partial charge in [0.1, 0.15) is 0 Å². The molecule has 2 rings (SSSR count). The molecule has 3 heteroatoms. The highest BCUT2D eigenvalue weighted by atomic mass is 15.2. The van der Waals surface area contributed by atoms with Crippen LogP contribution in [0.15, 0.2) is 18.3 Å². The van der Waals surface area contributed by atoms with Crippen LogP contribution in [-0.4, -0.2) is 42.6 Å². The van der Waals surface area contributed by atoms with Gasteiger partial charge in [0, 0.05) is 44.0 Å². The topological polar surface area (TPSA) is 28.2 Å². The predicted molar refractivity (Wildman–Crippen MR) is 85.1 cm³/mol. The molecule has 0 radical (unpaired) electrons. The minimum atomic E-state index is 0.596. The number of hydrogen-bond acceptors (Lipinski definition) is 3. The average molecular weight is 275 g/mol. The highest BCUT2D eigenvalue weighted by Crippen LogP contribution is 2.29. The quantitative estimate of drug-likeness (QED) is 0.865. The van der Waals surface area contributed by atoms with Crippen LogP contribution in [0, 0.1) is 12.8 Å². The Morgan fingerprint density at radius 2 is 2.05 bits per heavy atom. The first-order chi connectivity index (χ1) is 9.68. The van der Waals surface area contributed by atoms with Crippen molar-refractivity contribution in [2.24, 2.45) is 5.92 Å². The van der Waals surface area contributed by atoms with Gasteiger partial charge in [-0.05, 0) is 43.9 Å². The number of piperazine rings is 1. The monoisotopic (exact) mass is 275 g/mol. The Morgan fingerprint density at radius 1 is 1.30 bits per heavy atom. The summed E-state index contributed by atoms with van der Waals surface area (Å²) >= 11 is 0. The van der Waals surface area contributed by atoms with E-state index in [0.29, 0.717) is 11.8 Å². The first-order valence-electron chi connectivity index (χ1n) is 8.03. The summed E-state index contributed by atoms with van der Waals surface area (Å²) in [5, 5.41) is 3.41. The minimum absolute atomic E-state index is 0.596. The van der Waals surface area contributed by atoms with E-state index in [0.717, 1.165) is 13.1 Å². The van der Waals surface area contributed by atoms with Crippen molar-refractivity contribution >= 4 is 0 Å². The number of aryl methyl sites for hydroxylation is 1. The fourth-order valence-corrected chi connectivity index (χ4v) is 3.14. The molecule has 0 aromatic carbocycles. The fraction of sp³-hybridized carbons (Fsp3) is 0.706. The summed E-state index contributed by atoms with van der Waals surface area (Å²) in [6.45, 7) is 12.8. The number of aromatic nitrogens is 1. The first-order valence-corrected chi connectivity index (χ1v) is 8.03. The number of rotatable bonds is 6. The molecule has 20 heavy (non-hydrogen) atoms. The zero-order valence-corrected chi connectivity index (χ0v) is 13.2. The molecule has 1 aromatic heterocycles. The molecule has 1 aliphatic rings. The van der Waals surface area contributed by atoms with Crippen LogP contribution in [0.3, 0.4) is 0 Å². The maximum Gasteiger partial charge on any atom is 0.0466 e. The highest BCUT2D eigenvalue weighted by molar-refractivity contribution is 5.22. The van der Waals surface area contributed by atoms with E-state index in [4.69, 9.17) is 0 Å². The first kappa shape index (κ1) is 15.5. The Labute approximate surface area is 123 Å². The maximum absolute atomic E-state index is 4.64. The molecule has 1 atom stereocenters. The third-order valence-electron chi connectivity index (χ3n) is 4.40. The molecule has 0 saturated carbocycles. The van der Waals surface area contributed by atoms with Gasteiger partial charge in [0.15, 0.2) is 0 Å². The van der Waals surface area contributed by atoms with E-state index in [1.165, 1.54) is 43.7 Å². The minimum Gasteiger partial charge on any atom is -0.314 e. The lowest BCUT2D eigenvalue weighted by Gasteiger charge is -2.28. The molecule has 1 aliphatic heterocycles. The van der Waals surface area contributed by atoms with E-state index in [9.17, 15) is 0 Å². The Kier molecular flexibility index (Phi) is 5.99. The van der Waals surface area contributed by atoms with Crippen LogP contribution in [0.1, 0.15) is 43.9 Å². The van der Waals surface area contributed by atoms with Crippen LogP contribution in [0.25, 0.3) is 0 Å². The molecule has 0 aliphatic carbocycles. The fourth-order valence-electron chi connectivity index (χ4n) is 3.14. The number of nitrogens with one attached hydrogen (secondary N) is 1. The van der Waals surface area contributed by atoms with Crippen LogP contribution in [0.4, 0.5) is 0 Å². The summed E-state index contributed by atoms with van der Waals surface area (Å²) < 4.78 is 0. The van der Waals surface area contributed by atoms with Crippen molar-refractivity contribution in [2.45, 2.75) is 39.5 Å². The Bertz CT molecular complexity index is 397. The van der Waals surface area contributed by atoms with Gasteiger partial charge >= 0.3 is 0 Å². The Hall–Kier alpha value is -0.930. The van der Waals surface area contributed by atoms with Gasteiger partial charge in [-0.1, -0.05) is 19.9 Å². The van der Waals surface area contributed by atoms with Crippen LogP contribution in [0.5, 0.6) is 0 Å². The lowest BCUT2D eigenvalue weighted by atomic mass is 9.86. The molecular weight excluding hydrogens is 246 g/mol. The van der Waals surface area contributed by atoms with Gasteiger partial charge in [0.05, 0.1) is 0 Å². The molecule has 1 saturated heterocycles. The summed E-state index contributed by atoms with van der Waals surface area (Å²) in [6, 6.07) is 4.23. The molecule has 112 valence electrons. The van der Waals surface area contributed by atoms with Crippen molar-refractivity contribution < 1.29 is 0 Å². The number of hydrogen-bond donors (Lipinski definition) is 1. The van der Waals surface area contributed by atoms with Crippen molar-refractivity contribution in [2.75, 3.05) is 32.7 Å². The van der Waals surface area contributed by atoms with Crippen molar-refractivity contribution in [1.82, 2.24) is 15.2 Å². The predicted octanol–water partition coefficient (Wildman–Crippen LogP) is 2.82. The van der Waals surface area contributed by atoms with Crippen molar-refractivity contribution in [3.05, 3.63) is 29.6 Å². The summed E-state index contributed by atoms with van der Waals surface area (Å²) in [4.78, 5) is 7.22. The van der Waals surface area contributed by atoms with Gasteiger partial charge in [-0.2, -0.15) is 0 Å². The van der Waals surface area contributed by atoms with Crippen molar-refractivity contribution in [1.29, 1.82) is 0 Å². The van der Waals surface area contributed by atoms with Gasteiger partial charge in [-0.15, -0.1) is 0 Å². The van der Waals surface area contributed by atoms with E-state index < -0.39 is 0 Å². The SMILES string of the molecule is Cc1cccnc1C(CCCN1CCNCC1)C(C)C. The lowest BCUT2D eigenvalue weighted by Crippen LogP contribution is -2.43. The van der Waals surface area contributed by atoms with Gasteiger partial charge < -0.3 is 10.2 Å². The third-order valence-corrected chi connectivity index (χ3v) is 4.40. The second-order valence-corrected chi connectivity index (χ2v) is 6.29. The van der Waals surface area contributed by atoms with Gasteiger partial charge in [0.25, 0.3) is 0 Å². The summed E-state index contributed by atoms with van der Waals surface area (Å²) in [7, 11) is 0. The molecule has 0 bridgehead atoms. The Morgan fingerprint density at radius 3 is 2.70 bits per heavy atom. The third kappa shape index (κ3) is 4.29. The Balaban J connectivity index is 1.88. The smallest absolute Gasteiger partial charge is 0.0466 e. The molecule has 0 spiro atoms. The van der Waals surface area contributed by atoms with Gasteiger partial charge in [-0.3, -0.25) is 4.98 Å². The highest BCUT2D eigenvalue weighted by Gasteiger charge is 2.19. The van der Waals surface area contributed by atoms with Crippen molar-refractivity contribution in [3.63, 3.8) is 0 Å². The van der Waals surface area contributed by atoms with E-state index in [1.807, 2.05) is 12.3 Å².